The third-order valence-corrected chi connectivity index (χ3v) is 1.47. The predicted molar refractivity (Wildman–Crippen MR) is 30.5 cm³/mol. The average Bonchev–Trinajstić information content (AvgIpc) is 2.22. The lowest BCUT2D eigenvalue weighted by molar-refractivity contribution is 0.893. The molecule has 1 rings (SSSR count). The topological polar surface area (TPSA) is 0 Å². The Morgan fingerprint density at radius 2 is 2.57 bits per heavy atom. The fourth-order valence-corrected chi connectivity index (χ4v) is 0.718. The van der Waals surface area contributed by atoms with Gasteiger partial charge in [0, 0.05) is 6.42 Å². The van der Waals surface area contributed by atoms with E-state index in [0.717, 1.165) is 12.3 Å². The van der Waals surface area contributed by atoms with Crippen molar-refractivity contribution in [2.75, 3.05) is 0 Å². The highest BCUT2D eigenvalue weighted by Crippen LogP contribution is 2.42. The second-order valence-corrected chi connectivity index (χ2v) is 2.16. The van der Waals surface area contributed by atoms with Gasteiger partial charge >= 0.3 is 0 Å². The first-order valence-electron chi connectivity index (χ1n) is 2.60. The van der Waals surface area contributed by atoms with E-state index in [0.29, 0.717) is 0 Å². The van der Waals surface area contributed by atoms with Crippen molar-refractivity contribution in [2.24, 2.45) is 5.92 Å². The molecule has 1 atom stereocenters. The molecule has 0 heterocycles. The highest BCUT2D eigenvalue weighted by molar-refractivity contribution is 5.13. The van der Waals surface area contributed by atoms with Gasteiger partial charge in [0.2, 0.25) is 0 Å². The molecule has 0 bridgehead atoms. The maximum atomic E-state index is 5.07. The number of hydrogen-bond acceptors (Lipinski definition) is 0. The molecule has 1 aliphatic rings. The van der Waals surface area contributed by atoms with Gasteiger partial charge in [0.25, 0.3) is 0 Å². The van der Waals surface area contributed by atoms with Gasteiger partial charge in [-0.3, -0.25) is 0 Å². The average molecular weight is 93.1 g/mol. The zero-order valence-corrected chi connectivity index (χ0v) is 4.57. The summed E-state index contributed by atoms with van der Waals surface area (Å²) in [4.78, 5) is 0. The van der Waals surface area contributed by atoms with E-state index in [4.69, 9.17) is 6.42 Å². The van der Waals surface area contributed by atoms with Crippen molar-refractivity contribution < 1.29 is 0 Å². The van der Waals surface area contributed by atoms with Crippen LogP contribution in [0.15, 0.2) is 0 Å². The van der Waals surface area contributed by atoms with Gasteiger partial charge in [0.1, 0.15) is 0 Å². The van der Waals surface area contributed by atoms with E-state index in [1.165, 1.54) is 6.42 Å². The van der Waals surface area contributed by atoms with E-state index in [-0.39, 0.29) is 0 Å². The Bertz CT molecular complexity index is 97.1. The lowest BCUT2D eigenvalue weighted by Gasteiger charge is -1.79. The third kappa shape index (κ3) is 0.962. The van der Waals surface area contributed by atoms with Crippen molar-refractivity contribution >= 4 is 0 Å². The summed E-state index contributed by atoms with van der Waals surface area (Å²) >= 11 is 0. The Morgan fingerprint density at radius 1 is 2.00 bits per heavy atom. The monoisotopic (exact) mass is 93.1 g/mol. The molecular formula is C7H9. The first kappa shape index (κ1) is 4.71. The molecule has 0 heteroatoms. The van der Waals surface area contributed by atoms with Crippen molar-refractivity contribution in [1.82, 2.24) is 0 Å². The molecule has 0 aliphatic heterocycles. The first-order chi connectivity index (χ1) is 3.34. The number of terminal acetylenes is 1. The van der Waals surface area contributed by atoms with E-state index in [1.807, 2.05) is 0 Å². The van der Waals surface area contributed by atoms with E-state index in [9.17, 15) is 0 Å². The van der Waals surface area contributed by atoms with Gasteiger partial charge in [-0.2, -0.15) is 0 Å². The van der Waals surface area contributed by atoms with Gasteiger partial charge in [-0.1, -0.05) is 6.92 Å². The molecular weight excluding hydrogens is 84.1 g/mol. The van der Waals surface area contributed by atoms with Gasteiger partial charge in [-0.25, -0.2) is 0 Å². The maximum Gasteiger partial charge on any atom is 0.0120 e. The smallest absolute Gasteiger partial charge is 0.0120 e. The Balaban J connectivity index is 2.12. The quantitative estimate of drug-likeness (QED) is 0.432. The Labute approximate surface area is 44.9 Å². The summed E-state index contributed by atoms with van der Waals surface area (Å²) in [6, 6.07) is 0. The van der Waals surface area contributed by atoms with Crippen LogP contribution >= 0.6 is 0 Å². The standard InChI is InChI=1S/C7H9/c1-3-4-7-5-6(7)2/h1,7H,4-5H2,2H3. The van der Waals surface area contributed by atoms with Gasteiger partial charge in [0.15, 0.2) is 0 Å². The lowest BCUT2D eigenvalue weighted by Crippen LogP contribution is -1.70. The predicted octanol–water partition coefficient (Wildman–Crippen LogP) is 1.62. The lowest BCUT2D eigenvalue weighted by atomic mass is 10.3. The van der Waals surface area contributed by atoms with Crippen LogP contribution in [0.25, 0.3) is 0 Å². The largest absolute Gasteiger partial charge is 0.120 e. The van der Waals surface area contributed by atoms with Crippen LogP contribution in [-0.4, -0.2) is 0 Å². The molecule has 0 amide bonds. The summed E-state index contributed by atoms with van der Waals surface area (Å²) in [6.45, 7) is 2.17. The van der Waals surface area contributed by atoms with Gasteiger partial charge < -0.3 is 0 Å². The zero-order valence-electron chi connectivity index (χ0n) is 4.57. The summed E-state index contributed by atoms with van der Waals surface area (Å²) < 4.78 is 0. The van der Waals surface area contributed by atoms with Gasteiger partial charge in [-0.15, -0.1) is 12.3 Å². The van der Waals surface area contributed by atoms with Crippen LogP contribution in [0.4, 0.5) is 0 Å². The molecule has 0 aromatic carbocycles. The summed E-state index contributed by atoms with van der Waals surface area (Å²) in [5.41, 5.74) is 0. The molecule has 1 unspecified atom stereocenters. The Morgan fingerprint density at radius 3 is 2.71 bits per heavy atom. The molecule has 7 heavy (non-hydrogen) atoms. The molecule has 37 valence electrons. The molecule has 1 aliphatic carbocycles. The summed E-state index contributed by atoms with van der Waals surface area (Å²) in [7, 11) is 0. The van der Waals surface area contributed by atoms with Gasteiger partial charge in [0.05, 0.1) is 0 Å². The molecule has 0 spiro atoms. The fourth-order valence-electron chi connectivity index (χ4n) is 0.718. The van der Waals surface area contributed by atoms with Crippen LogP contribution in [0.3, 0.4) is 0 Å². The minimum atomic E-state index is 0.796. The fraction of sp³-hybridized carbons (Fsp3) is 0.571. The number of rotatable bonds is 1. The van der Waals surface area contributed by atoms with E-state index >= 15 is 0 Å². The van der Waals surface area contributed by atoms with Crippen LogP contribution < -0.4 is 0 Å². The minimum absolute atomic E-state index is 0.796. The maximum absolute atomic E-state index is 5.07. The van der Waals surface area contributed by atoms with Crippen molar-refractivity contribution in [3.63, 3.8) is 0 Å². The summed E-state index contributed by atoms with van der Waals surface area (Å²) in [6.07, 6.45) is 7.31. The van der Waals surface area contributed by atoms with Crippen LogP contribution in [0.5, 0.6) is 0 Å². The highest BCUT2D eigenvalue weighted by atomic mass is 14.3. The van der Waals surface area contributed by atoms with Crippen LogP contribution in [0.2, 0.25) is 0 Å². The molecule has 0 N–H and O–H groups in total. The molecule has 1 radical (unpaired) electrons. The molecule has 1 fully saturated rings. The van der Waals surface area contributed by atoms with E-state index < -0.39 is 0 Å². The van der Waals surface area contributed by atoms with Crippen molar-refractivity contribution in [3.8, 4) is 12.3 Å². The summed E-state index contributed by atoms with van der Waals surface area (Å²) in [5.74, 6) is 5.02. The first-order valence-corrected chi connectivity index (χ1v) is 2.60. The summed E-state index contributed by atoms with van der Waals surface area (Å²) in [5, 5.41) is 0. The van der Waals surface area contributed by atoms with Crippen molar-refractivity contribution in [1.29, 1.82) is 0 Å². The molecule has 0 aromatic heterocycles. The van der Waals surface area contributed by atoms with E-state index in [2.05, 4.69) is 12.8 Å². The van der Waals surface area contributed by atoms with Crippen LogP contribution in [0.1, 0.15) is 19.8 Å². The van der Waals surface area contributed by atoms with E-state index in [1.54, 1.807) is 5.92 Å². The highest BCUT2D eigenvalue weighted by Gasteiger charge is 2.31. The Kier molecular flexibility index (Phi) is 1.06. The van der Waals surface area contributed by atoms with Gasteiger partial charge in [-0.05, 0) is 18.3 Å². The van der Waals surface area contributed by atoms with Crippen molar-refractivity contribution in [2.45, 2.75) is 19.8 Å². The zero-order chi connectivity index (χ0) is 5.28. The Hall–Kier alpha value is -0.440. The van der Waals surface area contributed by atoms with Crippen molar-refractivity contribution in [3.05, 3.63) is 5.92 Å². The molecule has 1 saturated carbocycles. The number of hydrogen-bond donors (Lipinski definition) is 0. The second kappa shape index (κ2) is 1.58. The SMILES string of the molecule is C#CCC1C[C]1C. The third-order valence-electron chi connectivity index (χ3n) is 1.47. The molecule has 0 nitrogen and oxygen atoms in total. The second-order valence-electron chi connectivity index (χ2n) is 2.16. The molecule has 0 saturated heterocycles. The van der Waals surface area contributed by atoms with Crippen LogP contribution in [-0.2, 0) is 0 Å². The minimum Gasteiger partial charge on any atom is -0.120 e. The van der Waals surface area contributed by atoms with Crippen LogP contribution in [0, 0.1) is 24.2 Å². The molecule has 0 aromatic rings. The normalized spacial score (nSPS) is 29.4.